The summed E-state index contributed by atoms with van der Waals surface area (Å²) in [6.07, 6.45) is 6.54. The van der Waals surface area contributed by atoms with Gasteiger partial charge in [-0.2, -0.15) is 0 Å². The predicted octanol–water partition coefficient (Wildman–Crippen LogP) is 5.00. The van der Waals surface area contributed by atoms with E-state index in [1.807, 2.05) is 36.4 Å². The minimum atomic E-state index is -0.525. The lowest BCUT2D eigenvalue weighted by molar-refractivity contribution is 0.905. The van der Waals surface area contributed by atoms with Crippen LogP contribution in [0.5, 0.6) is 0 Å². The molecule has 0 bridgehead atoms. The maximum Gasteiger partial charge on any atom is 0.333 e. The molecule has 0 fully saturated rings. The SMILES string of the molecule is O=c1[nH]c2cc(-c3c(Cl)cccc3-c3cnc[nH]3)sc2c(=O)n1-c1cncc2ccccc12. The number of halogens is 1. The lowest BCUT2D eigenvalue weighted by atomic mass is 10.0. The maximum absolute atomic E-state index is 13.5. The first-order valence-corrected chi connectivity index (χ1v) is 11.2. The third kappa shape index (κ3) is 3.11. The quantitative estimate of drug-likeness (QED) is 0.379. The average Bonchev–Trinajstić information content (AvgIpc) is 3.49. The van der Waals surface area contributed by atoms with Crippen LogP contribution in [-0.4, -0.2) is 24.5 Å². The van der Waals surface area contributed by atoms with E-state index in [1.54, 1.807) is 30.9 Å². The first-order chi connectivity index (χ1) is 16.1. The molecule has 2 N–H and O–H groups in total. The van der Waals surface area contributed by atoms with Crippen LogP contribution in [0.2, 0.25) is 5.02 Å². The molecule has 0 saturated carbocycles. The zero-order valence-electron chi connectivity index (χ0n) is 16.9. The molecule has 9 heteroatoms. The number of nitrogens with zero attached hydrogens (tertiary/aromatic N) is 3. The number of H-pyrrole nitrogens is 2. The smallest absolute Gasteiger partial charge is 0.333 e. The van der Waals surface area contributed by atoms with Crippen molar-refractivity contribution in [2.45, 2.75) is 0 Å². The van der Waals surface area contributed by atoms with Crippen molar-refractivity contribution in [3.63, 3.8) is 0 Å². The molecule has 0 amide bonds. The Morgan fingerprint density at radius 2 is 1.85 bits per heavy atom. The first kappa shape index (κ1) is 19.7. The van der Waals surface area contributed by atoms with Gasteiger partial charge in [0.25, 0.3) is 5.56 Å². The normalized spacial score (nSPS) is 11.4. The Morgan fingerprint density at radius 1 is 0.970 bits per heavy atom. The van der Waals surface area contributed by atoms with Crippen molar-refractivity contribution in [2.75, 3.05) is 0 Å². The third-order valence-electron chi connectivity index (χ3n) is 5.51. The molecule has 6 rings (SSSR count). The van der Waals surface area contributed by atoms with Gasteiger partial charge in [0.15, 0.2) is 0 Å². The average molecular weight is 472 g/mol. The summed E-state index contributed by atoms with van der Waals surface area (Å²) in [5.41, 5.74) is 2.40. The number of aromatic nitrogens is 5. The van der Waals surface area contributed by atoms with Crippen molar-refractivity contribution in [1.82, 2.24) is 24.5 Å². The van der Waals surface area contributed by atoms with Crippen molar-refractivity contribution >= 4 is 43.9 Å². The van der Waals surface area contributed by atoms with Crippen molar-refractivity contribution < 1.29 is 0 Å². The summed E-state index contributed by atoms with van der Waals surface area (Å²) in [6.45, 7) is 0. The second-order valence-electron chi connectivity index (χ2n) is 7.43. The minimum Gasteiger partial charge on any atom is -0.345 e. The molecular formula is C24H14ClN5O2S. The lowest BCUT2D eigenvalue weighted by Gasteiger charge is -2.08. The van der Waals surface area contributed by atoms with Crippen LogP contribution >= 0.6 is 22.9 Å². The number of aromatic amines is 2. The first-order valence-electron chi connectivity index (χ1n) is 10.0. The summed E-state index contributed by atoms with van der Waals surface area (Å²) in [7, 11) is 0. The van der Waals surface area contributed by atoms with E-state index >= 15 is 0 Å². The van der Waals surface area contributed by atoms with Gasteiger partial charge in [0, 0.05) is 38.0 Å². The number of fused-ring (bicyclic) bond motifs is 2. The molecule has 0 aliphatic carbocycles. The number of thiophene rings is 1. The van der Waals surface area contributed by atoms with Gasteiger partial charge in [-0.1, -0.05) is 48.0 Å². The van der Waals surface area contributed by atoms with Gasteiger partial charge in [-0.3, -0.25) is 9.78 Å². The largest absolute Gasteiger partial charge is 0.345 e. The van der Waals surface area contributed by atoms with Crippen LogP contribution in [0.4, 0.5) is 0 Å². The van der Waals surface area contributed by atoms with Gasteiger partial charge >= 0.3 is 5.69 Å². The van der Waals surface area contributed by atoms with Crippen LogP contribution in [0.25, 0.3) is 48.4 Å². The van der Waals surface area contributed by atoms with Crippen molar-refractivity contribution in [3.05, 3.63) is 99.3 Å². The molecule has 33 heavy (non-hydrogen) atoms. The summed E-state index contributed by atoms with van der Waals surface area (Å²) >= 11 is 7.86. The van der Waals surface area contributed by atoms with E-state index in [9.17, 15) is 9.59 Å². The zero-order valence-corrected chi connectivity index (χ0v) is 18.4. The number of hydrogen-bond acceptors (Lipinski definition) is 5. The Morgan fingerprint density at radius 3 is 2.70 bits per heavy atom. The fourth-order valence-electron chi connectivity index (χ4n) is 4.03. The second-order valence-corrected chi connectivity index (χ2v) is 8.89. The van der Waals surface area contributed by atoms with Crippen LogP contribution < -0.4 is 11.2 Å². The van der Waals surface area contributed by atoms with E-state index in [0.29, 0.717) is 20.9 Å². The fraction of sp³-hybridized carbons (Fsp3) is 0. The molecule has 0 radical (unpaired) electrons. The Kier molecular flexibility index (Phi) is 4.49. The monoisotopic (exact) mass is 471 g/mol. The van der Waals surface area contributed by atoms with Gasteiger partial charge in [-0.25, -0.2) is 14.3 Å². The summed E-state index contributed by atoms with van der Waals surface area (Å²) in [4.78, 5) is 41.6. The zero-order chi connectivity index (χ0) is 22.5. The number of benzene rings is 2. The third-order valence-corrected chi connectivity index (χ3v) is 6.97. The summed E-state index contributed by atoms with van der Waals surface area (Å²) in [5, 5.41) is 2.15. The molecular weight excluding hydrogens is 458 g/mol. The van der Waals surface area contributed by atoms with E-state index in [2.05, 4.69) is 19.9 Å². The van der Waals surface area contributed by atoms with Gasteiger partial charge in [0.05, 0.1) is 35.6 Å². The molecule has 0 atom stereocenters. The molecule has 160 valence electrons. The highest BCUT2D eigenvalue weighted by atomic mass is 35.5. The molecule has 7 nitrogen and oxygen atoms in total. The van der Waals surface area contributed by atoms with E-state index < -0.39 is 11.2 Å². The Balaban J connectivity index is 1.62. The molecule has 4 heterocycles. The van der Waals surface area contributed by atoms with Gasteiger partial charge in [0.2, 0.25) is 0 Å². The molecule has 4 aromatic heterocycles. The molecule has 0 spiro atoms. The molecule has 0 saturated heterocycles. The molecule has 0 aliphatic heterocycles. The van der Waals surface area contributed by atoms with Crippen LogP contribution in [0.3, 0.4) is 0 Å². The fourth-order valence-corrected chi connectivity index (χ4v) is 5.48. The van der Waals surface area contributed by atoms with Crippen LogP contribution in [0.1, 0.15) is 0 Å². The molecule has 2 aromatic carbocycles. The highest BCUT2D eigenvalue weighted by molar-refractivity contribution is 7.22. The molecule has 0 unspecified atom stereocenters. The van der Waals surface area contributed by atoms with Gasteiger partial charge in [0.1, 0.15) is 4.70 Å². The Labute approximate surface area is 195 Å². The second kappa shape index (κ2) is 7.54. The topological polar surface area (TPSA) is 96.4 Å². The van der Waals surface area contributed by atoms with Crippen molar-refractivity contribution in [3.8, 4) is 27.4 Å². The highest BCUT2D eigenvalue weighted by Crippen LogP contribution is 2.41. The minimum absolute atomic E-state index is 0.404. The predicted molar refractivity (Wildman–Crippen MR) is 131 cm³/mol. The van der Waals surface area contributed by atoms with E-state index in [4.69, 9.17) is 11.6 Å². The molecule has 0 aliphatic rings. The summed E-state index contributed by atoms with van der Waals surface area (Å²) < 4.78 is 1.56. The lowest BCUT2D eigenvalue weighted by Crippen LogP contribution is -2.33. The van der Waals surface area contributed by atoms with Gasteiger partial charge in [-0.05, 0) is 12.1 Å². The van der Waals surface area contributed by atoms with Crippen molar-refractivity contribution in [1.29, 1.82) is 0 Å². The number of nitrogens with one attached hydrogen (secondary N) is 2. The van der Waals surface area contributed by atoms with Crippen LogP contribution in [0.15, 0.2) is 83.0 Å². The standard InChI is InChI=1S/C24H14ClN5O2S/c25-16-7-3-6-15(18-10-27-12-28-18)21(16)20-8-17-22(33-20)23(31)30(24(32)29-17)19-11-26-9-13-4-1-2-5-14(13)19/h1-12H,(H,27,28)(H,29,32). The summed E-state index contributed by atoms with van der Waals surface area (Å²) in [5.74, 6) is 0. The number of rotatable bonds is 3. The maximum atomic E-state index is 13.5. The van der Waals surface area contributed by atoms with Crippen LogP contribution in [0, 0.1) is 0 Å². The van der Waals surface area contributed by atoms with Gasteiger partial charge in [-0.15, -0.1) is 11.3 Å². The van der Waals surface area contributed by atoms with E-state index in [0.717, 1.165) is 37.0 Å². The van der Waals surface area contributed by atoms with E-state index in [-0.39, 0.29) is 0 Å². The number of pyridine rings is 1. The number of imidazole rings is 1. The summed E-state index contributed by atoms with van der Waals surface area (Å²) in [6, 6.07) is 14.9. The number of hydrogen-bond donors (Lipinski definition) is 2. The molecule has 6 aromatic rings. The van der Waals surface area contributed by atoms with Crippen molar-refractivity contribution in [2.24, 2.45) is 0 Å². The highest BCUT2D eigenvalue weighted by Gasteiger charge is 2.19. The van der Waals surface area contributed by atoms with Gasteiger partial charge < -0.3 is 9.97 Å². The Bertz CT molecular complexity index is 1780. The van der Waals surface area contributed by atoms with E-state index in [1.165, 1.54) is 17.5 Å². The van der Waals surface area contributed by atoms with Crippen LogP contribution in [-0.2, 0) is 0 Å². The Hall–Kier alpha value is -4.01.